The highest BCUT2D eigenvalue weighted by Crippen LogP contribution is 2.23. The zero-order valence-corrected chi connectivity index (χ0v) is 19.2. The molecule has 0 saturated carbocycles. The second kappa shape index (κ2) is 12.2. The van der Waals surface area contributed by atoms with Crippen molar-refractivity contribution in [3.8, 4) is 0 Å². The van der Waals surface area contributed by atoms with Crippen molar-refractivity contribution in [2.75, 3.05) is 13.7 Å². The van der Waals surface area contributed by atoms with E-state index < -0.39 is 18.1 Å². The van der Waals surface area contributed by atoms with Gasteiger partial charge in [-0.25, -0.2) is 4.79 Å². The zero-order valence-electron chi connectivity index (χ0n) is 19.2. The van der Waals surface area contributed by atoms with Crippen LogP contribution in [-0.4, -0.2) is 48.1 Å². The molecule has 2 bridgehead atoms. The van der Waals surface area contributed by atoms with Gasteiger partial charge >= 0.3 is 5.97 Å². The third kappa shape index (κ3) is 6.68. The maximum atomic E-state index is 12.9. The Morgan fingerprint density at radius 2 is 1.97 bits per heavy atom. The summed E-state index contributed by atoms with van der Waals surface area (Å²) >= 11 is 0. The Balaban J connectivity index is 1.85. The van der Waals surface area contributed by atoms with Crippen LogP contribution in [0.3, 0.4) is 0 Å². The number of nitrogens with one attached hydrogen (secondary N) is 2. The maximum absolute atomic E-state index is 12.9. The van der Waals surface area contributed by atoms with Crippen LogP contribution in [0.15, 0.2) is 42.6 Å². The summed E-state index contributed by atoms with van der Waals surface area (Å²) < 4.78 is 7.04. The molecular formula is C25H34N4O4. The number of unbranched alkanes of at least 4 members (excludes halogenated alkanes) is 1. The van der Waals surface area contributed by atoms with Crippen molar-refractivity contribution in [3.05, 3.63) is 48.2 Å². The number of hydrogen-bond acceptors (Lipinski definition) is 5. The molecule has 2 heterocycles. The molecular weight excluding hydrogens is 420 g/mol. The average Bonchev–Trinajstić information content (AvgIpc) is 3.17. The first-order valence-corrected chi connectivity index (χ1v) is 11.6. The Bertz CT molecular complexity index is 997. The van der Waals surface area contributed by atoms with Gasteiger partial charge in [-0.05, 0) is 56.7 Å². The van der Waals surface area contributed by atoms with Gasteiger partial charge in [0.2, 0.25) is 11.8 Å². The Hall–Kier alpha value is -3.13. The number of nitrogens with zero attached hydrogens (tertiary/aromatic N) is 1. The van der Waals surface area contributed by atoms with E-state index in [2.05, 4.69) is 33.5 Å². The number of hydrogen-bond donors (Lipinski definition) is 3. The van der Waals surface area contributed by atoms with Crippen LogP contribution < -0.4 is 16.4 Å². The summed E-state index contributed by atoms with van der Waals surface area (Å²) in [5.41, 5.74) is 7.91. The van der Waals surface area contributed by atoms with Crippen LogP contribution in [0.1, 0.15) is 44.1 Å². The van der Waals surface area contributed by atoms with Crippen molar-refractivity contribution in [2.45, 2.75) is 63.6 Å². The molecule has 1 aliphatic heterocycles. The number of para-hydroxylation sites is 1. The summed E-state index contributed by atoms with van der Waals surface area (Å²) in [6, 6.07) is 6.67. The van der Waals surface area contributed by atoms with Crippen molar-refractivity contribution in [2.24, 2.45) is 5.73 Å². The summed E-state index contributed by atoms with van der Waals surface area (Å²) in [6.07, 6.45) is 10.0. The fourth-order valence-electron chi connectivity index (χ4n) is 4.19. The molecule has 8 nitrogen and oxygen atoms in total. The van der Waals surface area contributed by atoms with Crippen LogP contribution in [0.2, 0.25) is 0 Å². The minimum Gasteiger partial charge on any atom is -0.467 e. The third-order valence-electron chi connectivity index (χ3n) is 5.96. The van der Waals surface area contributed by atoms with E-state index in [0.29, 0.717) is 45.2 Å². The first-order valence-electron chi connectivity index (χ1n) is 11.6. The van der Waals surface area contributed by atoms with Gasteiger partial charge in [0, 0.05) is 30.1 Å². The zero-order chi connectivity index (χ0) is 23.6. The third-order valence-corrected chi connectivity index (χ3v) is 5.96. The standard InChI is InChI=1S/C25H34N4O4/c1-33-25(32)21-12-5-7-16-29-17-18(19-10-2-3-13-22(19)29)9-8-14-23(30)27-20(24(31)28-21)11-4-6-15-26/h2-3,5,7,10,13,17,20-21H,4,6,8-9,11-12,14-16,26H2,1H3,(H,27,30)(H,28,31)/b7-5-/t20-,21+/m0/s1. The lowest BCUT2D eigenvalue weighted by atomic mass is 10.1. The predicted molar refractivity (Wildman–Crippen MR) is 127 cm³/mol. The van der Waals surface area contributed by atoms with Gasteiger partial charge in [0.25, 0.3) is 0 Å². The highest BCUT2D eigenvalue weighted by Gasteiger charge is 2.26. The lowest BCUT2D eigenvalue weighted by Gasteiger charge is -2.22. The number of aryl methyl sites for hydroxylation is 1. The highest BCUT2D eigenvalue weighted by molar-refractivity contribution is 5.91. The largest absolute Gasteiger partial charge is 0.467 e. The second-order valence-corrected chi connectivity index (χ2v) is 8.37. The smallest absolute Gasteiger partial charge is 0.328 e. The van der Waals surface area contributed by atoms with Gasteiger partial charge < -0.3 is 25.7 Å². The topological polar surface area (TPSA) is 115 Å². The van der Waals surface area contributed by atoms with Crippen LogP contribution >= 0.6 is 0 Å². The van der Waals surface area contributed by atoms with Crippen LogP contribution in [0.4, 0.5) is 0 Å². The minimum atomic E-state index is -0.822. The van der Waals surface area contributed by atoms with Gasteiger partial charge in [-0.15, -0.1) is 0 Å². The van der Waals surface area contributed by atoms with Gasteiger partial charge in [0.15, 0.2) is 0 Å². The van der Waals surface area contributed by atoms with Crippen molar-refractivity contribution in [1.82, 2.24) is 15.2 Å². The number of nitrogens with two attached hydrogens (primary N) is 1. The molecule has 1 aromatic carbocycles. The van der Waals surface area contributed by atoms with Crippen LogP contribution in [0, 0.1) is 0 Å². The van der Waals surface area contributed by atoms with Gasteiger partial charge in [-0.1, -0.05) is 30.4 Å². The monoisotopic (exact) mass is 454 g/mol. The molecule has 178 valence electrons. The molecule has 1 aliphatic rings. The number of methoxy groups -OCH3 is 1. The number of ether oxygens (including phenoxy) is 1. The first kappa shape index (κ1) is 24.5. The number of benzene rings is 1. The summed E-state index contributed by atoms with van der Waals surface area (Å²) in [7, 11) is 1.30. The highest BCUT2D eigenvalue weighted by atomic mass is 16.5. The number of rotatable bonds is 5. The van der Waals surface area contributed by atoms with E-state index in [1.807, 2.05) is 24.3 Å². The van der Waals surface area contributed by atoms with Crippen LogP contribution in [0.5, 0.6) is 0 Å². The van der Waals surface area contributed by atoms with Gasteiger partial charge in [0.1, 0.15) is 12.1 Å². The lowest BCUT2D eigenvalue weighted by Crippen LogP contribution is -2.51. The average molecular weight is 455 g/mol. The molecule has 2 atom stereocenters. The number of carbonyl (C=O) groups excluding carboxylic acids is 3. The predicted octanol–water partition coefficient (Wildman–Crippen LogP) is 2.20. The summed E-state index contributed by atoms with van der Waals surface area (Å²) in [4.78, 5) is 37.9. The van der Waals surface area contributed by atoms with Crippen LogP contribution in [0.25, 0.3) is 10.9 Å². The van der Waals surface area contributed by atoms with E-state index in [9.17, 15) is 14.4 Å². The molecule has 0 aliphatic carbocycles. The minimum absolute atomic E-state index is 0.173. The van der Waals surface area contributed by atoms with Crippen molar-refractivity contribution in [3.63, 3.8) is 0 Å². The number of esters is 1. The van der Waals surface area contributed by atoms with Crippen molar-refractivity contribution >= 4 is 28.7 Å². The van der Waals surface area contributed by atoms with E-state index in [1.54, 1.807) is 0 Å². The number of aromatic nitrogens is 1. The number of carbonyl (C=O) groups is 3. The van der Waals surface area contributed by atoms with E-state index in [4.69, 9.17) is 10.5 Å². The normalized spacial score (nSPS) is 21.3. The molecule has 8 heteroatoms. The van der Waals surface area contributed by atoms with E-state index in [-0.39, 0.29) is 11.8 Å². The molecule has 2 aromatic rings. The Morgan fingerprint density at radius 1 is 1.15 bits per heavy atom. The molecule has 4 N–H and O–H groups in total. The molecule has 0 saturated heterocycles. The summed E-state index contributed by atoms with van der Waals surface area (Å²) in [6.45, 7) is 1.16. The molecule has 2 amide bonds. The van der Waals surface area contributed by atoms with E-state index >= 15 is 0 Å². The second-order valence-electron chi connectivity index (χ2n) is 8.37. The number of fused-ring (bicyclic) bond motifs is 5. The van der Waals surface area contributed by atoms with Crippen LogP contribution in [-0.2, 0) is 32.1 Å². The van der Waals surface area contributed by atoms with Crippen molar-refractivity contribution in [1.29, 1.82) is 0 Å². The van der Waals surface area contributed by atoms with Crippen molar-refractivity contribution < 1.29 is 19.1 Å². The SMILES string of the molecule is COC(=O)[C@H]1C/C=C\Cn2cc(c3ccccc32)CCCC(=O)N[C@@H](CCCCN)C(=O)N1. The summed E-state index contributed by atoms with van der Waals surface area (Å²) in [5.74, 6) is -1.07. The molecule has 0 unspecified atom stereocenters. The quantitative estimate of drug-likeness (QED) is 0.364. The molecule has 33 heavy (non-hydrogen) atoms. The number of amides is 2. The van der Waals surface area contributed by atoms with Gasteiger partial charge in [0.05, 0.1) is 7.11 Å². The maximum Gasteiger partial charge on any atom is 0.328 e. The van der Waals surface area contributed by atoms with Gasteiger partial charge in [-0.2, -0.15) is 0 Å². The molecule has 0 radical (unpaired) electrons. The fraction of sp³-hybridized carbons (Fsp3) is 0.480. The summed E-state index contributed by atoms with van der Waals surface area (Å²) in [5, 5.41) is 6.80. The van der Waals surface area contributed by atoms with Gasteiger partial charge in [-0.3, -0.25) is 9.59 Å². The first-order chi connectivity index (χ1) is 16.0. The van der Waals surface area contributed by atoms with E-state index in [1.165, 1.54) is 18.1 Å². The Kier molecular flexibility index (Phi) is 9.06. The molecule has 1 aromatic heterocycles. The number of allylic oxidation sites excluding steroid dienone is 1. The molecule has 3 rings (SSSR count). The molecule has 0 spiro atoms. The lowest BCUT2D eigenvalue weighted by molar-refractivity contribution is -0.145. The Morgan fingerprint density at radius 3 is 2.76 bits per heavy atom. The van der Waals surface area contributed by atoms with E-state index in [0.717, 1.165) is 18.4 Å². The Labute approximate surface area is 194 Å². The molecule has 0 fully saturated rings. The fourth-order valence-corrected chi connectivity index (χ4v) is 4.19.